The van der Waals surface area contributed by atoms with E-state index in [9.17, 15) is 8.78 Å². The second-order valence-corrected chi connectivity index (χ2v) is 5.47. The molecule has 0 aliphatic heterocycles. The molecule has 1 aliphatic rings. The molecule has 0 amide bonds. The van der Waals surface area contributed by atoms with Gasteiger partial charge >= 0.3 is 0 Å². The van der Waals surface area contributed by atoms with E-state index in [4.69, 9.17) is 4.74 Å². The van der Waals surface area contributed by atoms with E-state index in [1.54, 1.807) is 0 Å². The van der Waals surface area contributed by atoms with Gasteiger partial charge in [-0.15, -0.1) is 0 Å². The minimum atomic E-state index is -0.895. The van der Waals surface area contributed by atoms with Crippen molar-refractivity contribution in [1.29, 1.82) is 0 Å². The van der Waals surface area contributed by atoms with E-state index >= 15 is 0 Å². The zero-order valence-corrected chi connectivity index (χ0v) is 12.0. The summed E-state index contributed by atoms with van der Waals surface area (Å²) in [6, 6.07) is 4.27. The van der Waals surface area contributed by atoms with Crippen LogP contribution in [0.1, 0.15) is 39.0 Å². The highest BCUT2D eigenvalue weighted by Crippen LogP contribution is 2.28. The molecule has 2 nitrogen and oxygen atoms in total. The van der Waals surface area contributed by atoms with Crippen molar-refractivity contribution in [2.75, 3.05) is 13.2 Å². The lowest BCUT2D eigenvalue weighted by Gasteiger charge is -2.25. The molecule has 1 N–H and O–H groups in total. The molecular formula is C16H23F2NO. The maximum Gasteiger partial charge on any atom is 0.200 e. The monoisotopic (exact) mass is 283 g/mol. The molecule has 0 spiro atoms. The van der Waals surface area contributed by atoms with Crippen LogP contribution in [-0.2, 0) is 0 Å². The summed E-state index contributed by atoms with van der Waals surface area (Å²) in [5.74, 6) is -1.17. The minimum Gasteiger partial charge on any atom is -0.489 e. The van der Waals surface area contributed by atoms with E-state index in [2.05, 4.69) is 12.2 Å². The number of ether oxygens (including phenoxy) is 1. The molecule has 112 valence electrons. The number of rotatable bonds is 7. The molecule has 0 radical (unpaired) electrons. The average Bonchev–Trinajstić information content (AvgIpc) is 2.97. The van der Waals surface area contributed by atoms with Crippen LogP contribution < -0.4 is 10.1 Å². The first-order chi connectivity index (χ1) is 9.72. The van der Waals surface area contributed by atoms with Crippen LogP contribution in [0.2, 0.25) is 0 Å². The van der Waals surface area contributed by atoms with Gasteiger partial charge in [0.15, 0.2) is 11.6 Å². The molecule has 2 rings (SSSR count). The normalized spacial score (nSPS) is 17.4. The van der Waals surface area contributed by atoms with Crippen LogP contribution in [0.15, 0.2) is 18.2 Å². The predicted octanol–water partition coefficient (Wildman–Crippen LogP) is 3.90. The smallest absolute Gasteiger partial charge is 0.200 e. The molecule has 1 aromatic carbocycles. The van der Waals surface area contributed by atoms with Crippen molar-refractivity contribution < 1.29 is 13.5 Å². The number of nitrogens with one attached hydrogen (secondary N) is 1. The Kier molecular flexibility index (Phi) is 5.77. The lowest BCUT2D eigenvalue weighted by atomic mass is 9.98. The fraction of sp³-hybridized carbons (Fsp3) is 0.625. The van der Waals surface area contributed by atoms with Gasteiger partial charge in [0.2, 0.25) is 5.82 Å². The Morgan fingerprint density at radius 2 is 2.05 bits per heavy atom. The van der Waals surface area contributed by atoms with E-state index in [0.29, 0.717) is 12.5 Å². The van der Waals surface area contributed by atoms with Crippen molar-refractivity contribution in [2.24, 2.45) is 5.92 Å². The third-order valence-corrected chi connectivity index (χ3v) is 3.96. The van der Waals surface area contributed by atoms with Crippen LogP contribution in [0.4, 0.5) is 8.78 Å². The van der Waals surface area contributed by atoms with Gasteiger partial charge in [-0.1, -0.05) is 25.8 Å². The summed E-state index contributed by atoms with van der Waals surface area (Å²) in [6.07, 6.45) is 5.94. The Morgan fingerprint density at radius 3 is 2.75 bits per heavy atom. The third-order valence-electron chi connectivity index (χ3n) is 3.96. The number of hydrogen-bond acceptors (Lipinski definition) is 2. The summed E-state index contributed by atoms with van der Waals surface area (Å²) < 4.78 is 32.2. The summed E-state index contributed by atoms with van der Waals surface area (Å²) in [4.78, 5) is 0. The Hall–Kier alpha value is -1.16. The van der Waals surface area contributed by atoms with Crippen LogP contribution in [0.3, 0.4) is 0 Å². The zero-order valence-electron chi connectivity index (χ0n) is 12.0. The van der Waals surface area contributed by atoms with Crippen LogP contribution in [0.5, 0.6) is 5.75 Å². The summed E-state index contributed by atoms with van der Waals surface area (Å²) >= 11 is 0. The van der Waals surface area contributed by atoms with E-state index in [-0.39, 0.29) is 11.8 Å². The van der Waals surface area contributed by atoms with Gasteiger partial charge in [0, 0.05) is 6.04 Å². The first-order valence-electron chi connectivity index (χ1n) is 7.52. The van der Waals surface area contributed by atoms with Crippen molar-refractivity contribution in [1.82, 2.24) is 5.32 Å². The van der Waals surface area contributed by atoms with Crippen molar-refractivity contribution in [3.63, 3.8) is 0 Å². The Bertz CT molecular complexity index is 419. The predicted molar refractivity (Wildman–Crippen MR) is 75.9 cm³/mol. The van der Waals surface area contributed by atoms with E-state index in [1.165, 1.54) is 37.8 Å². The number of benzene rings is 1. The highest BCUT2D eigenvalue weighted by molar-refractivity contribution is 5.25. The summed E-state index contributed by atoms with van der Waals surface area (Å²) in [5, 5.41) is 3.47. The molecule has 1 fully saturated rings. The van der Waals surface area contributed by atoms with Crippen LogP contribution in [0, 0.1) is 17.6 Å². The molecule has 0 heterocycles. The second kappa shape index (κ2) is 7.58. The Morgan fingerprint density at radius 1 is 1.30 bits per heavy atom. The Balaban J connectivity index is 1.95. The molecule has 20 heavy (non-hydrogen) atoms. The zero-order chi connectivity index (χ0) is 14.4. The van der Waals surface area contributed by atoms with Gasteiger partial charge in [-0.2, -0.15) is 4.39 Å². The van der Waals surface area contributed by atoms with Crippen molar-refractivity contribution in [2.45, 2.75) is 45.1 Å². The lowest BCUT2D eigenvalue weighted by molar-refractivity contribution is 0.209. The number of halogens is 2. The molecule has 1 aromatic rings. The topological polar surface area (TPSA) is 21.3 Å². The first-order valence-corrected chi connectivity index (χ1v) is 7.52. The highest BCUT2D eigenvalue weighted by Gasteiger charge is 2.25. The van der Waals surface area contributed by atoms with E-state index in [1.807, 2.05) is 0 Å². The lowest BCUT2D eigenvalue weighted by Crippen LogP contribution is -2.40. The molecule has 0 bridgehead atoms. The highest BCUT2D eigenvalue weighted by atomic mass is 19.2. The fourth-order valence-electron chi connectivity index (χ4n) is 2.83. The first kappa shape index (κ1) is 15.2. The SMILES string of the molecule is CCCNC(COc1cccc(F)c1F)C1CCCC1. The molecule has 0 saturated heterocycles. The number of hydrogen-bond donors (Lipinski definition) is 1. The van der Waals surface area contributed by atoms with Crippen molar-refractivity contribution in [3.05, 3.63) is 29.8 Å². The Labute approximate surface area is 119 Å². The minimum absolute atomic E-state index is 0.00583. The molecule has 1 atom stereocenters. The van der Waals surface area contributed by atoms with Gasteiger partial charge in [0.25, 0.3) is 0 Å². The van der Waals surface area contributed by atoms with Gasteiger partial charge in [-0.05, 0) is 43.9 Å². The summed E-state index contributed by atoms with van der Waals surface area (Å²) in [6.45, 7) is 3.44. The van der Waals surface area contributed by atoms with Crippen LogP contribution in [0.25, 0.3) is 0 Å². The molecule has 1 aliphatic carbocycles. The fourth-order valence-corrected chi connectivity index (χ4v) is 2.83. The quantitative estimate of drug-likeness (QED) is 0.819. The van der Waals surface area contributed by atoms with Gasteiger partial charge in [-0.25, -0.2) is 4.39 Å². The van der Waals surface area contributed by atoms with Crippen LogP contribution in [-0.4, -0.2) is 19.2 Å². The molecule has 1 unspecified atom stereocenters. The van der Waals surface area contributed by atoms with Gasteiger partial charge < -0.3 is 10.1 Å². The molecule has 0 aromatic heterocycles. The molecular weight excluding hydrogens is 260 g/mol. The van der Waals surface area contributed by atoms with Crippen molar-refractivity contribution >= 4 is 0 Å². The summed E-state index contributed by atoms with van der Waals surface area (Å²) in [5.41, 5.74) is 0. The standard InChI is InChI=1S/C16H23F2NO/c1-2-10-19-14(12-6-3-4-7-12)11-20-15-9-5-8-13(17)16(15)18/h5,8-9,12,14,19H,2-4,6-7,10-11H2,1H3. The van der Waals surface area contributed by atoms with Gasteiger partial charge in [0.05, 0.1) is 0 Å². The largest absolute Gasteiger partial charge is 0.489 e. The van der Waals surface area contributed by atoms with Gasteiger partial charge in [-0.3, -0.25) is 0 Å². The maximum atomic E-state index is 13.6. The summed E-state index contributed by atoms with van der Waals surface area (Å²) in [7, 11) is 0. The molecule has 4 heteroatoms. The maximum absolute atomic E-state index is 13.6. The van der Waals surface area contributed by atoms with E-state index in [0.717, 1.165) is 19.0 Å². The van der Waals surface area contributed by atoms with Crippen molar-refractivity contribution in [3.8, 4) is 5.75 Å². The van der Waals surface area contributed by atoms with Crippen LogP contribution >= 0.6 is 0 Å². The molecule has 1 saturated carbocycles. The van der Waals surface area contributed by atoms with E-state index < -0.39 is 11.6 Å². The average molecular weight is 283 g/mol. The third kappa shape index (κ3) is 3.92. The van der Waals surface area contributed by atoms with Gasteiger partial charge in [0.1, 0.15) is 6.61 Å². The second-order valence-electron chi connectivity index (χ2n) is 5.47.